The van der Waals surface area contributed by atoms with Crippen molar-refractivity contribution in [3.05, 3.63) is 23.8 Å². The fraction of sp³-hybridized carbons (Fsp3) is 0.417. The van der Waals surface area contributed by atoms with Gasteiger partial charge in [0.05, 0.1) is 12.7 Å². The zero-order valence-electron chi connectivity index (χ0n) is 10.3. The van der Waals surface area contributed by atoms with Crippen LogP contribution in [0.25, 0.3) is 0 Å². The molecule has 7 heteroatoms. The van der Waals surface area contributed by atoms with Crippen LogP contribution >= 0.6 is 0 Å². The molecule has 0 amide bonds. The molecule has 1 atom stereocenters. The molecule has 0 aliphatic heterocycles. The number of Topliss-reactive ketones (excluding diaryl/α,β-unsaturated/α-hetero) is 1. The van der Waals surface area contributed by atoms with Gasteiger partial charge in [0.2, 0.25) is 0 Å². The van der Waals surface area contributed by atoms with Crippen LogP contribution < -0.4 is 9.47 Å². The molecule has 0 aromatic heterocycles. The highest BCUT2D eigenvalue weighted by Crippen LogP contribution is 2.26. The Morgan fingerprint density at radius 1 is 1.42 bits per heavy atom. The van der Waals surface area contributed by atoms with Gasteiger partial charge in [0.15, 0.2) is 11.9 Å². The zero-order valence-corrected chi connectivity index (χ0v) is 10.3. The maximum atomic E-state index is 12.1. The second-order valence-corrected chi connectivity index (χ2v) is 3.79. The fourth-order valence-corrected chi connectivity index (χ4v) is 1.32. The zero-order chi connectivity index (χ0) is 14.6. The first kappa shape index (κ1) is 15.3. The molecule has 0 unspecified atom stereocenters. The first-order chi connectivity index (χ1) is 8.75. The number of alkyl halides is 3. The highest BCUT2D eigenvalue weighted by Gasteiger charge is 2.38. The number of carbonyl (C=O) groups excluding carboxylic acids is 1. The van der Waals surface area contributed by atoms with Gasteiger partial charge in [-0.1, -0.05) is 0 Å². The fourth-order valence-electron chi connectivity index (χ4n) is 1.32. The minimum atomic E-state index is -4.74. The Kier molecular flexibility index (Phi) is 4.77. The van der Waals surface area contributed by atoms with E-state index >= 15 is 0 Å². The van der Waals surface area contributed by atoms with Crippen LogP contribution in [0.1, 0.15) is 17.3 Å². The quantitative estimate of drug-likeness (QED) is 0.839. The van der Waals surface area contributed by atoms with Crippen molar-refractivity contribution < 1.29 is 32.5 Å². The molecule has 1 aromatic carbocycles. The second-order valence-electron chi connectivity index (χ2n) is 3.79. The number of ketones is 1. The summed E-state index contributed by atoms with van der Waals surface area (Å²) < 4.78 is 46.0. The summed E-state index contributed by atoms with van der Waals surface area (Å²) in [7, 11) is 1.37. The molecule has 0 aliphatic carbocycles. The molecule has 0 saturated carbocycles. The SMILES string of the molecule is COc1ccc(OC[C@H](O)C(F)(F)F)cc1C(C)=O. The van der Waals surface area contributed by atoms with Crippen molar-refractivity contribution in [1.29, 1.82) is 0 Å². The largest absolute Gasteiger partial charge is 0.496 e. The molecule has 0 saturated heterocycles. The number of carbonyl (C=O) groups is 1. The topological polar surface area (TPSA) is 55.8 Å². The van der Waals surface area contributed by atoms with E-state index in [1.54, 1.807) is 0 Å². The Bertz CT molecular complexity index is 457. The summed E-state index contributed by atoms with van der Waals surface area (Å²) in [5.74, 6) is 0.0455. The van der Waals surface area contributed by atoms with Crippen LogP contribution in [0, 0.1) is 0 Å². The lowest BCUT2D eigenvalue weighted by Crippen LogP contribution is -2.34. The summed E-state index contributed by atoms with van der Waals surface area (Å²) >= 11 is 0. The van der Waals surface area contributed by atoms with E-state index < -0.39 is 18.9 Å². The van der Waals surface area contributed by atoms with Crippen molar-refractivity contribution in [3.8, 4) is 11.5 Å². The van der Waals surface area contributed by atoms with Crippen molar-refractivity contribution in [2.45, 2.75) is 19.2 Å². The summed E-state index contributed by atoms with van der Waals surface area (Å²) in [6.45, 7) is 0.360. The maximum absolute atomic E-state index is 12.1. The third-order valence-electron chi connectivity index (χ3n) is 2.34. The smallest absolute Gasteiger partial charge is 0.417 e. The van der Waals surface area contributed by atoms with Crippen molar-refractivity contribution in [1.82, 2.24) is 0 Å². The summed E-state index contributed by atoms with van der Waals surface area (Å²) in [6, 6.07) is 4.03. The van der Waals surface area contributed by atoms with Gasteiger partial charge in [0.1, 0.15) is 18.1 Å². The van der Waals surface area contributed by atoms with E-state index in [0.717, 1.165) is 0 Å². The number of halogens is 3. The van der Waals surface area contributed by atoms with E-state index in [4.69, 9.17) is 14.6 Å². The monoisotopic (exact) mass is 278 g/mol. The van der Waals surface area contributed by atoms with Crippen LogP contribution in [-0.2, 0) is 0 Å². The lowest BCUT2D eigenvalue weighted by molar-refractivity contribution is -0.210. The summed E-state index contributed by atoms with van der Waals surface area (Å²) in [4.78, 5) is 11.3. The lowest BCUT2D eigenvalue weighted by Gasteiger charge is -2.16. The van der Waals surface area contributed by atoms with Crippen molar-refractivity contribution >= 4 is 5.78 Å². The van der Waals surface area contributed by atoms with Gasteiger partial charge in [-0.15, -0.1) is 0 Å². The van der Waals surface area contributed by atoms with Gasteiger partial charge in [-0.2, -0.15) is 13.2 Å². The van der Waals surface area contributed by atoms with Gasteiger partial charge >= 0.3 is 6.18 Å². The Balaban J connectivity index is 2.81. The molecule has 0 radical (unpaired) electrons. The average Bonchev–Trinajstić information content (AvgIpc) is 2.34. The molecule has 0 spiro atoms. The minimum absolute atomic E-state index is 0.0503. The van der Waals surface area contributed by atoms with E-state index in [2.05, 4.69) is 0 Å². The predicted octanol–water partition coefficient (Wildman–Crippen LogP) is 2.20. The number of rotatable bonds is 5. The number of aliphatic hydroxyl groups excluding tert-OH is 1. The molecule has 1 aromatic rings. The van der Waals surface area contributed by atoms with Gasteiger partial charge < -0.3 is 14.6 Å². The van der Waals surface area contributed by atoms with Gasteiger partial charge in [-0.05, 0) is 25.1 Å². The minimum Gasteiger partial charge on any atom is -0.496 e. The number of aliphatic hydroxyl groups is 1. The van der Waals surface area contributed by atoms with E-state index in [-0.39, 0.29) is 17.1 Å². The Morgan fingerprint density at radius 2 is 2.05 bits per heavy atom. The molecule has 1 rings (SSSR count). The number of hydrogen-bond donors (Lipinski definition) is 1. The van der Waals surface area contributed by atoms with Crippen LogP contribution in [0.4, 0.5) is 13.2 Å². The average molecular weight is 278 g/mol. The van der Waals surface area contributed by atoms with Crippen LogP contribution in [0.15, 0.2) is 18.2 Å². The van der Waals surface area contributed by atoms with Crippen LogP contribution in [-0.4, -0.2) is 36.9 Å². The number of ether oxygens (including phenoxy) is 2. The van der Waals surface area contributed by atoms with E-state index in [1.807, 2.05) is 0 Å². The van der Waals surface area contributed by atoms with Crippen LogP contribution in [0.2, 0.25) is 0 Å². The molecular formula is C12H13F3O4. The van der Waals surface area contributed by atoms with E-state index in [9.17, 15) is 18.0 Å². The van der Waals surface area contributed by atoms with Crippen LogP contribution in [0.5, 0.6) is 11.5 Å². The molecule has 0 aliphatic rings. The normalized spacial score (nSPS) is 12.9. The molecule has 19 heavy (non-hydrogen) atoms. The second kappa shape index (κ2) is 5.92. The standard InChI is InChI=1S/C12H13F3O4/c1-7(16)9-5-8(3-4-10(9)18-2)19-6-11(17)12(13,14)15/h3-5,11,17H,6H2,1-2H3/t11-/m0/s1. The maximum Gasteiger partial charge on any atom is 0.417 e. The number of methoxy groups -OCH3 is 1. The van der Waals surface area contributed by atoms with Crippen molar-refractivity contribution in [2.24, 2.45) is 0 Å². The highest BCUT2D eigenvalue weighted by atomic mass is 19.4. The van der Waals surface area contributed by atoms with Gasteiger partial charge in [0.25, 0.3) is 0 Å². The predicted molar refractivity (Wildman–Crippen MR) is 60.6 cm³/mol. The first-order valence-electron chi connectivity index (χ1n) is 5.32. The molecule has 0 heterocycles. The number of benzene rings is 1. The Labute approximate surface area is 107 Å². The highest BCUT2D eigenvalue weighted by molar-refractivity contribution is 5.97. The molecule has 4 nitrogen and oxygen atoms in total. The third-order valence-corrected chi connectivity index (χ3v) is 2.34. The number of hydrogen-bond acceptors (Lipinski definition) is 4. The van der Waals surface area contributed by atoms with E-state index in [1.165, 1.54) is 32.2 Å². The van der Waals surface area contributed by atoms with Crippen molar-refractivity contribution in [2.75, 3.05) is 13.7 Å². The van der Waals surface area contributed by atoms with E-state index in [0.29, 0.717) is 5.75 Å². The molecular weight excluding hydrogens is 265 g/mol. The Morgan fingerprint density at radius 3 is 2.53 bits per heavy atom. The summed E-state index contributed by atoms with van der Waals surface area (Å²) in [6.07, 6.45) is -7.31. The molecule has 0 fully saturated rings. The van der Waals surface area contributed by atoms with Crippen molar-refractivity contribution in [3.63, 3.8) is 0 Å². The van der Waals surface area contributed by atoms with Gasteiger partial charge in [-0.3, -0.25) is 4.79 Å². The summed E-state index contributed by atoms with van der Waals surface area (Å²) in [5.41, 5.74) is 0.196. The summed E-state index contributed by atoms with van der Waals surface area (Å²) in [5, 5.41) is 8.78. The Hall–Kier alpha value is -1.76. The first-order valence-corrected chi connectivity index (χ1v) is 5.32. The molecule has 0 bridgehead atoms. The van der Waals surface area contributed by atoms with Gasteiger partial charge in [-0.25, -0.2) is 0 Å². The third kappa shape index (κ3) is 4.13. The molecule has 106 valence electrons. The van der Waals surface area contributed by atoms with Crippen LogP contribution in [0.3, 0.4) is 0 Å². The van der Waals surface area contributed by atoms with Gasteiger partial charge in [0, 0.05) is 0 Å². The lowest BCUT2D eigenvalue weighted by atomic mass is 10.1. The molecule has 1 N–H and O–H groups in total.